The summed E-state index contributed by atoms with van der Waals surface area (Å²) in [6.45, 7) is 18.6. The lowest BCUT2D eigenvalue weighted by Gasteiger charge is -2.37. The van der Waals surface area contributed by atoms with Crippen molar-refractivity contribution in [3.63, 3.8) is 0 Å². The molecule has 0 unspecified atom stereocenters. The highest BCUT2D eigenvalue weighted by Crippen LogP contribution is 2.38. The molecule has 2 rings (SSSR count). The predicted octanol–water partition coefficient (Wildman–Crippen LogP) is 5.79. The van der Waals surface area contributed by atoms with Crippen molar-refractivity contribution >= 4 is 14.4 Å². The van der Waals surface area contributed by atoms with Crippen LogP contribution in [0.2, 0.25) is 18.1 Å². The van der Waals surface area contributed by atoms with Gasteiger partial charge in [-0.2, -0.15) is 0 Å². The Morgan fingerprint density at radius 3 is 2.29 bits per heavy atom. The number of ether oxygens (including phenoxy) is 1. The second-order valence-corrected chi connectivity index (χ2v) is 15.6. The molecule has 1 atom stereocenters. The molecule has 0 radical (unpaired) electrons. The van der Waals surface area contributed by atoms with Gasteiger partial charge >= 0.3 is 6.09 Å². The monoisotopic (exact) mass is 405 g/mol. The minimum atomic E-state index is -1.70. The summed E-state index contributed by atoms with van der Waals surface area (Å²) >= 11 is 0. The zero-order valence-electron chi connectivity index (χ0n) is 19.3. The summed E-state index contributed by atoms with van der Waals surface area (Å²) in [6.07, 6.45) is 1.87. The van der Waals surface area contributed by atoms with Crippen LogP contribution in [0.4, 0.5) is 4.79 Å². The largest absolute Gasteiger partial charge is 0.444 e. The molecule has 0 heterocycles. The molecular weight excluding hydrogens is 366 g/mol. The van der Waals surface area contributed by atoms with Gasteiger partial charge in [0, 0.05) is 20.2 Å². The minimum Gasteiger partial charge on any atom is -0.444 e. The van der Waals surface area contributed by atoms with Gasteiger partial charge in [0.25, 0.3) is 0 Å². The smallest absolute Gasteiger partial charge is 0.410 e. The molecule has 0 bridgehead atoms. The number of hydrogen-bond acceptors (Lipinski definition) is 3. The van der Waals surface area contributed by atoms with Crippen molar-refractivity contribution in [3.8, 4) is 0 Å². The highest BCUT2D eigenvalue weighted by molar-refractivity contribution is 6.74. The molecular formula is C23H39NO3Si. The minimum absolute atomic E-state index is 0.248. The van der Waals surface area contributed by atoms with Gasteiger partial charge in [0.05, 0.1) is 0 Å². The van der Waals surface area contributed by atoms with Crippen LogP contribution >= 0.6 is 0 Å². The van der Waals surface area contributed by atoms with Crippen LogP contribution in [0.5, 0.6) is 0 Å². The maximum absolute atomic E-state index is 12.2. The third-order valence-corrected chi connectivity index (χ3v) is 10.4. The highest BCUT2D eigenvalue weighted by atomic mass is 28.4. The number of carbonyl (C=O) groups excluding carboxylic acids is 1. The second-order valence-electron chi connectivity index (χ2n) is 10.8. The van der Waals surface area contributed by atoms with Crippen LogP contribution in [0.25, 0.3) is 0 Å². The first-order valence-corrected chi connectivity index (χ1v) is 13.3. The summed E-state index contributed by atoms with van der Waals surface area (Å²) in [5.74, 6) is 0.558. The lowest BCUT2D eigenvalue weighted by atomic mass is 10.1. The molecule has 4 nitrogen and oxygen atoms in total. The number of benzene rings is 1. The van der Waals surface area contributed by atoms with Crippen LogP contribution in [0.15, 0.2) is 18.2 Å². The Hall–Kier alpha value is -1.33. The molecule has 0 aromatic heterocycles. The second kappa shape index (κ2) is 8.19. The van der Waals surface area contributed by atoms with E-state index in [1.807, 2.05) is 20.8 Å². The zero-order valence-corrected chi connectivity index (χ0v) is 20.3. The Balaban J connectivity index is 1.94. The molecule has 0 N–H and O–H groups in total. The van der Waals surface area contributed by atoms with Gasteiger partial charge in [-0.15, -0.1) is 0 Å². The van der Waals surface area contributed by atoms with Crippen molar-refractivity contribution in [2.45, 2.75) is 84.7 Å². The third-order valence-electron chi connectivity index (χ3n) is 5.90. The molecule has 0 aliphatic heterocycles. The van der Waals surface area contributed by atoms with E-state index in [1.54, 1.807) is 11.9 Å². The van der Waals surface area contributed by atoms with E-state index in [-0.39, 0.29) is 11.1 Å². The van der Waals surface area contributed by atoms with E-state index in [0.717, 1.165) is 25.0 Å². The fraction of sp³-hybridized carbons (Fsp3) is 0.696. The first kappa shape index (κ1) is 23.0. The van der Waals surface area contributed by atoms with E-state index in [9.17, 15) is 4.79 Å². The lowest BCUT2D eigenvalue weighted by Crippen LogP contribution is -2.42. The topological polar surface area (TPSA) is 38.8 Å². The lowest BCUT2D eigenvalue weighted by molar-refractivity contribution is 0.0285. The molecule has 1 aromatic carbocycles. The van der Waals surface area contributed by atoms with Crippen molar-refractivity contribution in [2.24, 2.45) is 5.92 Å². The molecule has 158 valence electrons. The standard InChI is InChI=1S/C23H39NO3Si/c1-22(2,3)27-21(25)24(7)15-17-10-11-19-13-18(14-20(19)12-17)16-26-28(8,9)23(4,5)6/h10-12,18H,13-16H2,1-9H3/t18-/m1/s1. The van der Waals surface area contributed by atoms with Crippen molar-refractivity contribution in [1.82, 2.24) is 4.90 Å². The summed E-state index contributed by atoms with van der Waals surface area (Å²) in [6, 6.07) is 6.61. The van der Waals surface area contributed by atoms with Gasteiger partial charge in [0.1, 0.15) is 5.60 Å². The van der Waals surface area contributed by atoms with E-state index in [0.29, 0.717) is 12.5 Å². The first-order chi connectivity index (χ1) is 12.7. The Morgan fingerprint density at radius 2 is 1.71 bits per heavy atom. The number of rotatable bonds is 5. The molecule has 0 fully saturated rings. The van der Waals surface area contributed by atoms with Gasteiger partial charge in [0.15, 0.2) is 8.32 Å². The Bertz CT molecular complexity index is 701. The van der Waals surface area contributed by atoms with E-state index in [1.165, 1.54) is 11.1 Å². The fourth-order valence-corrected chi connectivity index (χ4v) is 4.29. The molecule has 28 heavy (non-hydrogen) atoms. The third kappa shape index (κ3) is 6.08. The van der Waals surface area contributed by atoms with E-state index in [4.69, 9.17) is 9.16 Å². The van der Waals surface area contributed by atoms with Gasteiger partial charge in [0.2, 0.25) is 0 Å². The van der Waals surface area contributed by atoms with Gasteiger partial charge in [-0.3, -0.25) is 0 Å². The van der Waals surface area contributed by atoms with Crippen LogP contribution in [-0.4, -0.2) is 38.6 Å². The molecule has 0 saturated carbocycles. The molecule has 0 spiro atoms. The summed E-state index contributed by atoms with van der Waals surface area (Å²) in [5.41, 5.74) is 3.50. The number of hydrogen-bond donors (Lipinski definition) is 0. The summed E-state index contributed by atoms with van der Waals surface area (Å²) in [5, 5.41) is 0.248. The summed E-state index contributed by atoms with van der Waals surface area (Å²) in [7, 11) is 0.0899. The van der Waals surface area contributed by atoms with E-state index < -0.39 is 13.9 Å². The molecule has 1 aromatic rings. The van der Waals surface area contributed by atoms with Gasteiger partial charge < -0.3 is 14.1 Å². The van der Waals surface area contributed by atoms with E-state index >= 15 is 0 Å². The van der Waals surface area contributed by atoms with Crippen molar-refractivity contribution < 1.29 is 14.0 Å². The average Bonchev–Trinajstić information content (AvgIpc) is 2.92. The van der Waals surface area contributed by atoms with Crippen LogP contribution in [-0.2, 0) is 28.5 Å². The number of carbonyl (C=O) groups is 1. The van der Waals surface area contributed by atoms with Crippen molar-refractivity contribution in [1.29, 1.82) is 0 Å². The van der Waals surface area contributed by atoms with Gasteiger partial charge in [-0.25, -0.2) is 4.79 Å². The Labute approximate surface area is 172 Å². The predicted molar refractivity (Wildman–Crippen MR) is 118 cm³/mol. The molecule has 1 aliphatic carbocycles. The van der Waals surface area contributed by atoms with Crippen LogP contribution < -0.4 is 0 Å². The molecule has 1 amide bonds. The maximum atomic E-state index is 12.2. The maximum Gasteiger partial charge on any atom is 0.410 e. The van der Waals surface area contributed by atoms with Crippen LogP contribution in [0, 0.1) is 5.92 Å². The quantitative estimate of drug-likeness (QED) is 0.582. The van der Waals surface area contributed by atoms with Crippen LogP contribution in [0.3, 0.4) is 0 Å². The number of nitrogens with zero attached hydrogens (tertiary/aromatic N) is 1. The van der Waals surface area contributed by atoms with Gasteiger partial charge in [-0.1, -0.05) is 39.0 Å². The zero-order chi connectivity index (χ0) is 21.3. The highest BCUT2D eigenvalue weighted by Gasteiger charge is 2.38. The summed E-state index contributed by atoms with van der Waals surface area (Å²) in [4.78, 5) is 13.8. The first-order valence-electron chi connectivity index (χ1n) is 10.4. The Kier molecular flexibility index (Phi) is 6.71. The number of fused-ring (bicyclic) bond motifs is 1. The Morgan fingerprint density at radius 1 is 1.11 bits per heavy atom. The fourth-order valence-electron chi connectivity index (χ4n) is 3.20. The number of amides is 1. The molecule has 5 heteroatoms. The van der Waals surface area contributed by atoms with Gasteiger partial charge in [-0.05, 0) is 74.4 Å². The normalized spacial score (nSPS) is 17.4. The van der Waals surface area contributed by atoms with E-state index in [2.05, 4.69) is 52.1 Å². The molecule has 1 aliphatic rings. The van der Waals surface area contributed by atoms with Crippen molar-refractivity contribution in [2.75, 3.05) is 13.7 Å². The molecule has 0 saturated heterocycles. The summed E-state index contributed by atoms with van der Waals surface area (Å²) < 4.78 is 11.9. The van der Waals surface area contributed by atoms with Crippen molar-refractivity contribution in [3.05, 3.63) is 34.9 Å². The van der Waals surface area contributed by atoms with Crippen LogP contribution in [0.1, 0.15) is 58.2 Å². The average molecular weight is 406 g/mol. The SMILES string of the molecule is CN(Cc1ccc2c(c1)C[C@H](CO[Si](C)(C)C(C)(C)C)C2)C(=O)OC(C)(C)C.